The van der Waals surface area contributed by atoms with Crippen LogP contribution in [0.3, 0.4) is 0 Å². The van der Waals surface area contributed by atoms with Gasteiger partial charge in [0.15, 0.2) is 11.6 Å². The van der Waals surface area contributed by atoms with Gasteiger partial charge in [0.25, 0.3) is 0 Å². The Balaban J connectivity index is 2.21. The summed E-state index contributed by atoms with van der Waals surface area (Å²) in [6.07, 6.45) is 2.50. The number of amides is 1. The lowest BCUT2D eigenvalue weighted by atomic mass is 9.93. The van der Waals surface area contributed by atoms with Crippen molar-refractivity contribution in [3.8, 4) is 0 Å². The first-order chi connectivity index (χ1) is 10.4. The molecule has 0 aliphatic carbocycles. The first kappa shape index (κ1) is 17.2. The molecule has 122 valence electrons. The first-order valence-corrected chi connectivity index (χ1v) is 8.91. The molecule has 1 heterocycles. The SMILES string of the molecule is C[S+]([O-])CCN1C[C@H](c2cccc(F)c2F)CC[C@@H](N)C1=O. The van der Waals surface area contributed by atoms with E-state index in [9.17, 15) is 18.1 Å². The van der Waals surface area contributed by atoms with Crippen LogP contribution in [0.5, 0.6) is 0 Å². The highest BCUT2D eigenvalue weighted by molar-refractivity contribution is 7.90. The van der Waals surface area contributed by atoms with E-state index < -0.39 is 28.9 Å². The van der Waals surface area contributed by atoms with Crippen LogP contribution < -0.4 is 5.73 Å². The summed E-state index contributed by atoms with van der Waals surface area (Å²) >= 11 is -1.03. The van der Waals surface area contributed by atoms with Gasteiger partial charge in [0.05, 0.1) is 18.8 Å². The number of halogens is 2. The fourth-order valence-corrected chi connectivity index (χ4v) is 3.19. The minimum Gasteiger partial charge on any atom is -0.617 e. The van der Waals surface area contributed by atoms with Crippen LogP contribution in [0.1, 0.15) is 24.3 Å². The van der Waals surface area contributed by atoms with E-state index >= 15 is 0 Å². The number of rotatable bonds is 4. The zero-order valence-corrected chi connectivity index (χ0v) is 13.2. The van der Waals surface area contributed by atoms with Gasteiger partial charge in [-0.05, 0) is 24.5 Å². The van der Waals surface area contributed by atoms with Crippen LogP contribution in [0.15, 0.2) is 18.2 Å². The van der Waals surface area contributed by atoms with E-state index in [1.165, 1.54) is 11.0 Å². The number of carbonyl (C=O) groups excluding carboxylic acids is 1. The number of hydrogen-bond donors (Lipinski definition) is 1. The van der Waals surface area contributed by atoms with Gasteiger partial charge >= 0.3 is 0 Å². The number of nitrogens with two attached hydrogens (primary N) is 1. The van der Waals surface area contributed by atoms with Gasteiger partial charge in [0.2, 0.25) is 5.91 Å². The second-order valence-electron chi connectivity index (χ2n) is 5.59. The zero-order valence-electron chi connectivity index (χ0n) is 12.4. The molecule has 1 aromatic rings. The molecule has 0 radical (unpaired) electrons. The number of benzene rings is 1. The van der Waals surface area contributed by atoms with Gasteiger partial charge in [-0.2, -0.15) is 0 Å². The van der Waals surface area contributed by atoms with E-state index in [-0.39, 0.29) is 23.9 Å². The zero-order chi connectivity index (χ0) is 16.3. The van der Waals surface area contributed by atoms with Crippen LogP contribution in [0.4, 0.5) is 8.78 Å². The molecule has 2 rings (SSSR count). The van der Waals surface area contributed by atoms with Gasteiger partial charge in [0, 0.05) is 12.5 Å². The summed E-state index contributed by atoms with van der Waals surface area (Å²) in [6, 6.07) is 3.43. The van der Waals surface area contributed by atoms with Gasteiger partial charge in [-0.15, -0.1) is 0 Å². The van der Waals surface area contributed by atoms with Crippen LogP contribution in [0.25, 0.3) is 0 Å². The lowest BCUT2D eigenvalue weighted by molar-refractivity contribution is -0.131. The topological polar surface area (TPSA) is 69.4 Å². The van der Waals surface area contributed by atoms with Gasteiger partial charge < -0.3 is 15.2 Å². The third-order valence-electron chi connectivity index (χ3n) is 3.97. The van der Waals surface area contributed by atoms with Crippen molar-refractivity contribution in [3.63, 3.8) is 0 Å². The molecule has 1 aliphatic heterocycles. The molecule has 1 fully saturated rings. The lowest BCUT2D eigenvalue weighted by Gasteiger charge is -2.25. The normalized spacial score (nSPS) is 24.2. The van der Waals surface area contributed by atoms with Crippen LogP contribution in [0.2, 0.25) is 0 Å². The maximum atomic E-state index is 14.0. The molecule has 1 aliphatic rings. The highest BCUT2D eigenvalue weighted by Crippen LogP contribution is 2.29. The summed E-state index contributed by atoms with van der Waals surface area (Å²) in [6.45, 7) is 0.577. The van der Waals surface area contributed by atoms with E-state index in [1.807, 2.05) is 0 Å². The molecule has 0 spiro atoms. The van der Waals surface area contributed by atoms with Crippen molar-refractivity contribution in [2.24, 2.45) is 5.73 Å². The van der Waals surface area contributed by atoms with E-state index in [2.05, 4.69) is 0 Å². The van der Waals surface area contributed by atoms with Crippen molar-refractivity contribution in [3.05, 3.63) is 35.4 Å². The largest absolute Gasteiger partial charge is 0.617 e. The second-order valence-corrected chi connectivity index (χ2v) is 7.14. The Morgan fingerprint density at radius 2 is 2.14 bits per heavy atom. The molecular formula is C15H20F2N2O2S. The Hall–Kier alpha value is -1.18. The van der Waals surface area contributed by atoms with Crippen LogP contribution in [-0.2, 0) is 16.0 Å². The Morgan fingerprint density at radius 3 is 2.82 bits per heavy atom. The Morgan fingerprint density at radius 1 is 1.41 bits per heavy atom. The monoisotopic (exact) mass is 330 g/mol. The Kier molecular flexibility index (Phi) is 5.77. The van der Waals surface area contributed by atoms with Crippen molar-refractivity contribution < 1.29 is 18.1 Å². The third kappa shape index (κ3) is 3.97. The summed E-state index contributed by atoms with van der Waals surface area (Å²) in [7, 11) is 0. The summed E-state index contributed by atoms with van der Waals surface area (Å²) in [5.41, 5.74) is 6.12. The fourth-order valence-electron chi connectivity index (χ4n) is 2.72. The molecule has 22 heavy (non-hydrogen) atoms. The van der Waals surface area contributed by atoms with Gasteiger partial charge in [-0.3, -0.25) is 4.79 Å². The number of carbonyl (C=O) groups is 1. The molecule has 0 bridgehead atoms. The minimum absolute atomic E-state index is 0.218. The number of likely N-dealkylation sites (tertiary alicyclic amines) is 1. The van der Waals surface area contributed by atoms with Crippen molar-refractivity contribution in [1.82, 2.24) is 4.90 Å². The second kappa shape index (κ2) is 7.39. The summed E-state index contributed by atoms with van der Waals surface area (Å²) in [4.78, 5) is 13.7. The van der Waals surface area contributed by atoms with E-state index in [0.717, 1.165) is 6.07 Å². The average Bonchev–Trinajstić information content (AvgIpc) is 2.61. The molecular weight excluding hydrogens is 310 g/mol. The number of hydrogen-bond acceptors (Lipinski definition) is 3. The van der Waals surface area contributed by atoms with Crippen LogP contribution in [-0.4, -0.2) is 46.5 Å². The summed E-state index contributed by atoms with van der Waals surface area (Å²) in [5.74, 6) is -1.94. The molecule has 1 unspecified atom stereocenters. The molecule has 3 atom stereocenters. The quantitative estimate of drug-likeness (QED) is 0.848. The first-order valence-electron chi connectivity index (χ1n) is 7.18. The Bertz CT molecular complexity index is 542. The van der Waals surface area contributed by atoms with Crippen molar-refractivity contribution in [1.29, 1.82) is 0 Å². The molecule has 4 nitrogen and oxygen atoms in total. The van der Waals surface area contributed by atoms with Crippen LogP contribution in [0, 0.1) is 11.6 Å². The Labute approximate surface area is 131 Å². The lowest BCUT2D eigenvalue weighted by Crippen LogP contribution is -2.44. The standard InChI is InChI=1S/C15H20F2N2O2S/c1-22(21)8-7-19-9-10(5-6-13(18)15(19)20)11-3-2-4-12(16)14(11)17/h2-4,10,13H,5-9,18H2,1H3/t10-,13-,22?/m1/s1. The van der Waals surface area contributed by atoms with E-state index in [4.69, 9.17) is 5.73 Å². The highest BCUT2D eigenvalue weighted by atomic mass is 32.2. The molecule has 0 aromatic heterocycles. The van der Waals surface area contributed by atoms with Gasteiger partial charge in [-0.25, -0.2) is 8.78 Å². The minimum atomic E-state index is -1.03. The predicted octanol–water partition coefficient (Wildman–Crippen LogP) is 1.38. The maximum absolute atomic E-state index is 14.0. The molecule has 0 saturated carbocycles. The van der Waals surface area contributed by atoms with Gasteiger partial charge in [-0.1, -0.05) is 23.3 Å². The molecule has 7 heteroatoms. The number of nitrogens with zero attached hydrogens (tertiary/aromatic N) is 1. The molecule has 1 amide bonds. The van der Waals surface area contributed by atoms with Crippen LogP contribution >= 0.6 is 0 Å². The highest BCUT2D eigenvalue weighted by Gasteiger charge is 2.31. The predicted molar refractivity (Wildman–Crippen MR) is 81.8 cm³/mol. The molecule has 2 N–H and O–H groups in total. The molecule has 1 aromatic carbocycles. The molecule has 1 saturated heterocycles. The summed E-state index contributed by atoms with van der Waals surface area (Å²) < 4.78 is 38.7. The smallest absolute Gasteiger partial charge is 0.239 e. The van der Waals surface area contributed by atoms with Gasteiger partial charge in [0.1, 0.15) is 5.75 Å². The average molecular weight is 330 g/mol. The van der Waals surface area contributed by atoms with Crippen molar-refractivity contribution in [2.75, 3.05) is 25.1 Å². The summed E-state index contributed by atoms with van der Waals surface area (Å²) in [5, 5.41) is 0. The van der Waals surface area contributed by atoms with Crippen molar-refractivity contribution in [2.45, 2.75) is 24.8 Å². The third-order valence-corrected chi connectivity index (χ3v) is 4.72. The van der Waals surface area contributed by atoms with E-state index in [1.54, 1.807) is 12.3 Å². The fraction of sp³-hybridized carbons (Fsp3) is 0.533. The maximum Gasteiger partial charge on any atom is 0.239 e. The van der Waals surface area contributed by atoms with Crippen molar-refractivity contribution >= 4 is 17.1 Å². The van der Waals surface area contributed by atoms with E-state index in [0.29, 0.717) is 25.1 Å².